The molecule has 0 radical (unpaired) electrons. The van der Waals surface area contributed by atoms with Crippen LogP contribution in [-0.2, 0) is 28.6 Å². The lowest BCUT2D eigenvalue weighted by atomic mass is 10.0. The molecule has 0 saturated carbocycles. The topological polar surface area (TPSA) is 78.9 Å². The Labute approximate surface area is 368 Å². The Hall–Kier alpha value is -1.59. The predicted octanol–water partition coefficient (Wildman–Crippen LogP) is 17.2. The molecule has 0 aliphatic carbocycles. The van der Waals surface area contributed by atoms with Gasteiger partial charge >= 0.3 is 17.9 Å². The van der Waals surface area contributed by atoms with Crippen LogP contribution in [0, 0.1) is 0 Å². The van der Waals surface area contributed by atoms with Crippen LogP contribution in [0.25, 0.3) is 0 Å². The first-order chi connectivity index (χ1) is 29.0. The van der Waals surface area contributed by atoms with Gasteiger partial charge in [0.25, 0.3) is 0 Å². The van der Waals surface area contributed by atoms with E-state index in [0.717, 1.165) is 57.8 Å². The number of carbonyl (C=O) groups excluding carboxylic acids is 3. The van der Waals surface area contributed by atoms with E-state index in [-0.39, 0.29) is 31.1 Å². The molecule has 0 N–H and O–H groups in total. The highest BCUT2D eigenvalue weighted by Crippen LogP contribution is 2.17. The number of hydrogen-bond donors (Lipinski definition) is 0. The number of hydrogen-bond acceptors (Lipinski definition) is 6. The smallest absolute Gasteiger partial charge is 0.306 e. The van der Waals surface area contributed by atoms with Crippen molar-refractivity contribution >= 4 is 17.9 Å². The van der Waals surface area contributed by atoms with Crippen molar-refractivity contribution in [2.75, 3.05) is 13.2 Å². The largest absolute Gasteiger partial charge is 0.462 e. The van der Waals surface area contributed by atoms with Gasteiger partial charge in [-0.15, -0.1) is 0 Å². The Balaban J connectivity index is 4.22. The lowest BCUT2D eigenvalue weighted by molar-refractivity contribution is -0.167. The van der Waals surface area contributed by atoms with Crippen molar-refractivity contribution in [3.8, 4) is 0 Å². The van der Waals surface area contributed by atoms with E-state index in [1.54, 1.807) is 0 Å². The predicted molar refractivity (Wildman–Crippen MR) is 252 cm³/mol. The minimum Gasteiger partial charge on any atom is -0.462 e. The van der Waals surface area contributed by atoms with E-state index in [9.17, 15) is 14.4 Å². The molecule has 0 aliphatic heterocycles. The number of esters is 3. The van der Waals surface area contributed by atoms with Crippen LogP contribution >= 0.6 is 0 Å². The highest BCUT2D eigenvalue weighted by Gasteiger charge is 2.19. The highest BCUT2D eigenvalue weighted by molar-refractivity contribution is 5.71. The lowest BCUT2D eigenvalue weighted by Gasteiger charge is -2.18. The van der Waals surface area contributed by atoms with E-state index < -0.39 is 6.10 Å². The van der Waals surface area contributed by atoms with Crippen LogP contribution in [0.15, 0.2) is 0 Å². The summed E-state index contributed by atoms with van der Waals surface area (Å²) in [5.74, 6) is -0.842. The SMILES string of the molecule is CCCCCCCCCCCCCCCCCCCCC(=O)OC[C@H](COC(=O)CCCCCCCCCCC)OC(=O)CCCCCCCCCCCCCCCC. The first-order valence-electron chi connectivity index (χ1n) is 26.5. The normalized spacial score (nSPS) is 11.8. The van der Waals surface area contributed by atoms with Gasteiger partial charge in [-0.05, 0) is 19.3 Å². The zero-order valence-corrected chi connectivity index (χ0v) is 40.1. The average molecular weight is 835 g/mol. The summed E-state index contributed by atoms with van der Waals surface area (Å²) < 4.78 is 16.8. The minimum atomic E-state index is -0.759. The zero-order chi connectivity index (χ0) is 43.0. The molecule has 0 unspecified atom stereocenters. The van der Waals surface area contributed by atoms with Gasteiger partial charge in [0.1, 0.15) is 13.2 Å². The van der Waals surface area contributed by atoms with Crippen molar-refractivity contribution in [2.45, 2.75) is 309 Å². The van der Waals surface area contributed by atoms with E-state index in [1.807, 2.05) is 0 Å². The first kappa shape index (κ1) is 57.4. The third kappa shape index (κ3) is 47.3. The quantitative estimate of drug-likeness (QED) is 0.0345. The van der Waals surface area contributed by atoms with Crippen LogP contribution in [0.3, 0.4) is 0 Å². The summed E-state index contributed by atoms with van der Waals surface area (Å²) in [7, 11) is 0. The van der Waals surface area contributed by atoms with Crippen molar-refractivity contribution in [2.24, 2.45) is 0 Å². The van der Waals surface area contributed by atoms with Crippen LogP contribution in [0.4, 0.5) is 0 Å². The van der Waals surface area contributed by atoms with E-state index >= 15 is 0 Å². The fourth-order valence-corrected chi connectivity index (χ4v) is 8.09. The molecule has 0 aromatic rings. The summed E-state index contributed by atoms with van der Waals surface area (Å²) in [4.78, 5) is 37.9. The van der Waals surface area contributed by atoms with Gasteiger partial charge < -0.3 is 14.2 Å². The molecule has 0 aromatic heterocycles. The van der Waals surface area contributed by atoms with Crippen LogP contribution in [0.2, 0.25) is 0 Å². The zero-order valence-electron chi connectivity index (χ0n) is 40.1. The van der Waals surface area contributed by atoms with Gasteiger partial charge in [0.2, 0.25) is 0 Å². The molecule has 0 rings (SSSR count). The average Bonchev–Trinajstić information content (AvgIpc) is 3.23. The molecular formula is C53H102O6. The summed E-state index contributed by atoms with van der Waals surface area (Å²) in [6.45, 7) is 6.67. The summed E-state index contributed by atoms with van der Waals surface area (Å²) in [6.07, 6.45) is 52.3. The molecule has 350 valence electrons. The molecule has 0 bridgehead atoms. The monoisotopic (exact) mass is 835 g/mol. The minimum absolute atomic E-state index is 0.0618. The number of unbranched alkanes of at least 4 members (excludes halogenated alkanes) is 38. The van der Waals surface area contributed by atoms with Crippen molar-refractivity contribution in [1.82, 2.24) is 0 Å². The lowest BCUT2D eigenvalue weighted by Crippen LogP contribution is -2.30. The summed E-state index contributed by atoms with van der Waals surface area (Å²) in [5.41, 5.74) is 0. The molecule has 6 nitrogen and oxygen atoms in total. The van der Waals surface area contributed by atoms with Gasteiger partial charge in [-0.1, -0.05) is 265 Å². The van der Waals surface area contributed by atoms with Crippen LogP contribution in [-0.4, -0.2) is 37.2 Å². The molecule has 1 atom stereocenters. The highest BCUT2D eigenvalue weighted by atomic mass is 16.6. The molecule has 0 aliphatic rings. The Morgan fingerprint density at radius 2 is 0.458 bits per heavy atom. The van der Waals surface area contributed by atoms with Crippen molar-refractivity contribution < 1.29 is 28.6 Å². The molecule has 6 heteroatoms. The maximum Gasteiger partial charge on any atom is 0.306 e. The maximum absolute atomic E-state index is 12.8. The Morgan fingerprint density at radius 3 is 0.678 bits per heavy atom. The standard InChI is InChI=1S/C53H102O6/c1-4-7-10-13-16-19-21-23-25-26-27-28-30-31-34-37-40-43-46-52(55)58-49-50(48-57-51(54)45-42-39-36-33-18-15-12-9-6-3)59-53(56)47-44-41-38-35-32-29-24-22-20-17-14-11-8-5-2/h50H,4-49H2,1-3H3/t50-/m0/s1. The molecule has 59 heavy (non-hydrogen) atoms. The number of rotatable bonds is 49. The maximum atomic E-state index is 12.8. The summed E-state index contributed by atoms with van der Waals surface area (Å²) in [5, 5.41) is 0. The van der Waals surface area contributed by atoms with Crippen molar-refractivity contribution in [1.29, 1.82) is 0 Å². The van der Waals surface area contributed by atoms with Crippen molar-refractivity contribution in [3.63, 3.8) is 0 Å². The second-order valence-electron chi connectivity index (χ2n) is 18.2. The van der Waals surface area contributed by atoms with E-state index in [1.165, 1.54) is 205 Å². The Morgan fingerprint density at radius 1 is 0.271 bits per heavy atom. The van der Waals surface area contributed by atoms with Gasteiger partial charge in [-0.3, -0.25) is 14.4 Å². The fourth-order valence-electron chi connectivity index (χ4n) is 8.09. The molecule has 0 aromatic carbocycles. The summed E-state index contributed by atoms with van der Waals surface area (Å²) >= 11 is 0. The van der Waals surface area contributed by atoms with Gasteiger partial charge in [-0.2, -0.15) is 0 Å². The molecule has 0 fully saturated rings. The van der Waals surface area contributed by atoms with Gasteiger partial charge in [0.15, 0.2) is 6.10 Å². The van der Waals surface area contributed by atoms with Crippen LogP contribution in [0.5, 0.6) is 0 Å². The molecule has 0 amide bonds. The fraction of sp³-hybridized carbons (Fsp3) is 0.943. The molecule has 0 saturated heterocycles. The summed E-state index contributed by atoms with van der Waals surface area (Å²) in [6, 6.07) is 0. The van der Waals surface area contributed by atoms with E-state index in [2.05, 4.69) is 20.8 Å². The Kier molecular flexibility index (Phi) is 47.7. The van der Waals surface area contributed by atoms with Gasteiger partial charge in [0.05, 0.1) is 0 Å². The Bertz CT molecular complexity index is 874. The molecule has 0 heterocycles. The molecular weight excluding hydrogens is 733 g/mol. The second kappa shape index (κ2) is 49.1. The van der Waals surface area contributed by atoms with Crippen molar-refractivity contribution in [3.05, 3.63) is 0 Å². The van der Waals surface area contributed by atoms with Gasteiger partial charge in [-0.25, -0.2) is 0 Å². The number of carbonyl (C=O) groups is 3. The van der Waals surface area contributed by atoms with Crippen LogP contribution < -0.4 is 0 Å². The van der Waals surface area contributed by atoms with Crippen LogP contribution in [0.1, 0.15) is 303 Å². The molecule has 0 spiro atoms. The third-order valence-corrected chi connectivity index (χ3v) is 12.1. The first-order valence-corrected chi connectivity index (χ1v) is 26.5. The number of ether oxygens (including phenoxy) is 3. The van der Waals surface area contributed by atoms with E-state index in [4.69, 9.17) is 14.2 Å². The van der Waals surface area contributed by atoms with Gasteiger partial charge in [0, 0.05) is 19.3 Å². The second-order valence-corrected chi connectivity index (χ2v) is 18.2. The van der Waals surface area contributed by atoms with E-state index in [0.29, 0.717) is 19.3 Å². The third-order valence-electron chi connectivity index (χ3n) is 12.1.